The molecule has 1 atom stereocenters. The van der Waals surface area contributed by atoms with Gasteiger partial charge in [-0.15, -0.1) is 0 Å². The standard InChI is InChI=1S/C17H24F3N/c18-17(19,20)15-11-9-14(10-12-15)16(21)8-4-7-13-5-2-1-3-6-13/h1-3,5-6,14-16H,4,7-12,21H2. The van der Waals surface area contributed by atoms with E-state index in [-0.39, 0.29) is 24.8 Å². The minimum atomic E-state index is -4.03. The number of alkyl halides is 3. The van der Waals surface area contributed by atoms with Crippen molar-refractivity contribution in [2.24, 2.45) is 17.6 Å². The number of benzene rings is 1. The van der Waals surface area contributed by atoms with Crippen LogP contribution in [0.25, 0.3) is 0 Å². The van der Waals surface area contributed by atoms with Crippen molar-refractivity contribution in [1.82, 2.24) is 0 Å². The van der Waals surface area contributed by atoms with Crippen molar-refractivity contribution < 1.29 is 13.2 Å². The lowest BCUT2D eigenvalue weighted by Crippen LogP contribution is -2.36. The Bertz CT molecular complexity index is 408. The van der Waals surface area contributed by atoms with Crippen molar-refractivity contribution in [3.8, 4) is 0 Å². The zero-order valence-electron chi connectivity index (χ0n) is 12.3. The van der Waals surface area contributed by atoms with Gasteiger partial charge in [0.25, 0.3) is 0 Å². The monoisotopic (exact) mass is 299 g/mol. The second-order valence-electron chi connectivity index (χ2n) is 6.19. The number of rotatable bonds is 5. The summed E-state index contributed by atoms with van der Waals surface area (Å²) in [7, 11) is 0. The topological polar surface area (TPSA) is 26.0 Å². The molecule has 0 saturated heterocycles. The summed E-state index contributed by atoms with van der Waals surface area (Å²) in [5.74, 6) is -0.843. The van der Waals surface area contributed by atoms with E-state index in [9.17, 15) is 13.2 Å². The average molecular weight is 299 g/mol. The highest BCUT2D eigenvalue weighted by Gasteiger charge is 2.41. The fourth-order valence-electron chi connectivity index (χ4n) is 3.30. The van der Waals surface area contributed by atoms with Crippen LogP contribution in [0.15, 0.2) is 30.3 Å². The quantitative estimate of drug-likeness (QED) is 0.837. The van der Waals surface area contributed by atoms with E-state index < -0.39 is 12.1 Å². The highest BCUT2D eigenvalue weighted by molar-refractivity contribution is 5.14. The first-order valence-electron chi connectivity index (χ1n) is 7.83. The Balaban J connectivity index is 1.69. The molecule has 1 fully saturated rings. The van der Waals surface area contributed by atoms with Gasteiger partial charge in [-0.05, 0) is 56.4 Å². The van der Waals surface area contributed by atoms with Crippen LogP contribution in [-0.4, -0.2) is 12.2 Å². The van der Waals surface area contributed by atoms with Gasteiger partial charge in [0.1, 0.15) is 0 Å². The summed E-state index contributed by atoms with van der Waals surface area (Å²) >= 11 is 0. The lowest BCUT2D eigenvalue weighted by molar-refractivity contribution is -0.184. The van der Waals surface area contributed by atoms with Gasteiger partial charge in [-0.1, -0.05) is 30.3 Å². The Labute approximate surface area is 124 Å². The Hall–Kier alpha value is -1.03. The summed E-state index contributed by atoms with van der Waals surface area (Å²) < 4.78 is 37.9. The number of hydrogen-bond acceptors (Lipinski definition) is 1. The van der Waals surface area contributed by atoms with Gasteiger partial charge in [0.05, 0.1) is 5.92 Å². The van der Waals surface area contributed by atoms with Gasteiger partial charge in [0.2, 0.25) is 0 Å². The van der Waals surface area contributed by atoms with Crippen molar-refractivity contribution in [3.05, 3.63) is 35.9 Å². The van der Waals surface area contributed by atoms with E-state index in [1.54, 1.807) is 0 Å². The van der Waals surface area contributed by atoms with E-state index in [4.69, 9.17) is 5.73 Å². The summed E-state index contributed by atoms with van der Waals surface area (Å²) in [6.45, 7) is 0. The Morgan fingerprint density at radius 2 is 1.67 bits per heavy atom. The maximum atomic E-state index is 12.6. The van der Waals surface area contributed by atoms with Crippen molar-refractivity contribution in [2.75, 3.05) is 0 Å². The van der Waals surface area contributed by atoms with Crippen LogP contribution >= 0.6 is 0 Å². The van der Waals surface area contributed by atoms with Crippen LogP contribution in [-0.2, 0) is 6.42 Å². The molecule has 1 aromatic carbocycles. The molecular weight excluding hydrogens is 275 g/mol. The summed E-state index contributed by atoms with van der Waals surface area (Å²) in [6.07, 6.45) is 0.615. The van der Waals surface area contributed by atoms with Gasteiger partial charge in [-0.3, -0.25) is 0 Å². The Morgan fingerprint density at radius 3 is 2.24 bits per heavy atom. The molecule has 2 N–H and O–H groups in total. The normalized spacial score (nSPS) is 24.8. The number of aryl methyl sites for hydroxylation is 1. The number of hydrogen-bond donors (Lipinski definition) is 1. The van der Waals surface area contributed by atoms with Crippen LogP contribution in [0.4, 0.5) is 13.2 Å². The first kappa shape index (κ1) is 16.3. The summed E-state index contributed by atoms with van der Waals surface area (Å²) in [6, 6.07) is 10.3. The molecule has 0 amide bonds. The highest BCUT2D eigenvalue weighted by atomic mass is 19.4. The van der Waals surface area contributed by atoms with Gasteiger partial charge >= 0.3 is 6.18 Å². The van der Waals surface area contributed by atoms with E-state index in [2.05, 4.69) is 12.1 Å². The van der Waals surface area contributed by atoms with E-state index in [1.165, 1.54) is 5.56 Å². The fraction of sp³-hybridized carbons (Fsp3) is 0.647. The summed E-state index contributed by atoms with van der Waals surface area (Å²) in [5.41, 5.74) is 7.48. The lowest BCUT2D eigenvalue weighted by Gasteiger charge is -2.33. The average Bonchev–Trinajstić information content (AvgIpc) is 2.47. The molecule has 1 saturated carbocycles. The molecule has 1 unspecified atom stereocenters. The Kier molecular flexibility index (Phi) is 5.68. The SMILES string of the molecule is NC(CCCc1ccccc1)C1CCC(C(F)(F)F)CC1. The third-order valence-corrected chi connectivity index (χ3v) is 4.69. The predicted molar refractivity (Wildman–Crippen MR) is 78.9 cm³/mol. The minimum absolute atomic E-state index is 0.0443. The molecule has 0 aromatic heterocycles. The molecule has 0 radical (unpaired) electrons. The van der Waals surface area contributed by atoms with Crippen molar-refractivity contribution in [2.45, 2.75) is 57.2 Å². The molecular formula is C17H24F3N. The molecule has 118 valence electrons. The first-order chi connectivity index (χ1) is 9.97. The maximum absolute atomic E-state index is 12.6. The van der Waals surface area contributed by atoms with E-state index in [1.807, 2.05) is 18.2 Å². The van der Waals surface area contributed by atoms with Gasteiger partial charge in [0.15, 0.2) is 0 Å². The molecule has 0 bridgehead atoms. The molecule has 1 aromatic rings. The van der Waals surface area contributed by atoms with E-state index >= 15 is 0 Å². The van der Waals surface area contributed by atoms with Crippen molar-refractivity contribution in [1.29, 1.82) is 0 Å². The zero-order valence-corrected chi connectivity index (χ0v) is 12.3. The molecule has 2 rings (SSSR count). The largest absolute Gasteiger partial charge is 0.391 e. The predicted octanol–water partition coefficient (Wildman–Crippen LogP) is 4.71. The summed E-state index contributed by atoms with van der Waals surface area (Å²) in [4.78, 5) is 0. The minimum Gasteiger partial charge on any atom is -0.327 e. The van der Waals surface area contributed by atoms with Gasteiger partial charge < -0.3 is 5.73 Å². The van der Waals surface area contributed by atoms with Gasteiger partial charge in [0, 0.05) is 6.04 Å². The summed E-state index contributed by atoms with van der Waals surface area (Å²) in [5, 5.41) is 0. The van der Waals surface area contributed by atoms with Crippen LogP contribution < -0.4 is 5.73 Å². The van der Waals surface area contributed by atoms with Crippen LogP contribution in [0.3, 0.4) is 0 Å². The molecule has 1 aliphatic carbocycles. The molecule has 21 heavy (non-hydrogen) atoms. The Morgan fingerprint density at radius 1 is 1.05 bits per heavy atom. The number of nitrogens with two attached hydrogens (primary N) is 1. The number of halogens is 3. The van der Waals surface area contributed by atoms with Crippen molar-refractivity contribution >= 4 is 0 Å². The second-order valence-corrected chi connectivity index (χ2v) is 6.19. The first-order valence-corrected chi connectivity index (χ1v) is 7.83. The fourth-order valence-corrected chi connectivity index (χ4v) is 3.30. The molecule has 0 heterocycles. The van der Waals surface area contributed by atoms with Crippen LogP contribution in [0, 0.1) is 11.8 Å². The third kappa shape index (κ3) is 5.03. The molecule has 0 aliphatic heterocycles. The smallest absolute Gasteiger partial charge is 0.327 e. The van der Waals surface area contributed by atoms with Crippen LogP contribution in [0.5, 0.6) is 0 Å². The zero-order chi connectivity index (χ0) is 15.3. The van der Waals surface area contributed by atoms with E-state index in [0.717, 1.165) is 19.3 Å². The molecule has 1 nitrogen and oxygen atoms in total. The van der Waals surface area contributed by atoms with Gasteiger partial charge in [-0.2, -0.15) is 13.2 Å². The highest BCUT2D eigenvalue weighted by Crippen LogP contribution is 2.40. The van der Waals surface area contributed by atoms with Crippen LogP contribution in [0.1, 0.15) is 44.1 Å². The van der Waals surface area contributed by atoms with Crippen LogP contribution in [0.2, 0.25) is 0 Å². The lowest BCUT2D eigenvalue weighted by atomic mass is 9.77. The van der Waals surface area contributed by atoms with E-state index in [0.29, 0.717) is 12.8 Å². The molecule has 4 heteroatoms. The third-order valence-electron chi connectivity index (χ3n) is 4.69. The second kappa shape index (κ2) is 7.30. The molecule has 1 aliphatic rings. The van der Waals surface area contributed by atoms with Crippen molar-refractivity contribution in [3.63, 3.8) is 0 Å². The molecule has 0 spiro atoms. The van der Waals surface area contributed by atoms with Gasteiger partial charge in [-0.25, -0.2) is 0 Å². The maximum Gasteiger partial charge on any atom is 0.391 e.